The molecule has 1 fully saturated rings. The summed E-state index contributed by atoms with van der Waals surface area (Å²) in [5.41, 5.74) is -0.216. The van der Waals surface area contributed by atoms with E-state index in [4.69, 9.17) is 5.11 Å². The number of hydrogen-bond acceptors (Lipinski definition) is 3. The van der Waals surface area contributed by atoms with Crippen molar-refractivity contribution in [2.45, 2.75) is 46.0 Å². The van der Waals surface area contributed by atoms with Crippen LogP contribution in [0.1, 0.15) is 46.0 Å². The van der Waals surface area contributed by atoms with Crippen LogP contribution in [-0.4, -0.2) is 35.7 Å². The van der Waals surface area contributed by atoms with Crippen LogP contribution in [0.5, 0.6) is 0 Å². The normalized spacial score (nSPS) is 17.1. The number of carbonyl (C=O) groups excluding carboxylic acids is 1. The molecular weight excluding hydrogens is 246 g/mol. The molecule has 0 aliphatic heterocycles. The zero-order chi connectivity index (χ0) is 13.4. The predicted molar refractivity (Wildman–Crippen MR) is 77.8 cm³/mol. The van der Waals surface area contributed by atoms with Gasteiger partial charge in [-0.25, -0.2) is 0 Å². The Morgan fingerprint density at radius 1 is 1.33 bits per heavy atom. The fourth-order valence-corrected chi connectivity index (χ4v) is 3.35. The highest BCUT2D eigenvalue weighted by Gasteiger charge is 2.37. The molecule has 0 aromatic rings. The zero-order valence-electron chi connectivity index (χ0n) is 11.7. The third kappa shape index (κ3) is 4.81. The van der Waals surface area contributed by atoms with Gasteiger partial charge in [-0.1, -0.05) is 26.7 Å². The van der Waals surface area contributed by atoms with Crippen molar-refractivity contribution in [3.05, 3.63) is 0 Å². The van der Waals surface area contributed by atoms with E-state index < -0.39 is 0 Å². The minimum atomic E-state index is -0.216. The highest BCUT2D eigenvalue weighted by molar-refractivity contribution is 7.99. The van der Waals surface area contributed by atoms with Crippen LogP contribution in [0.3, 0.4) is 0 Å². The monoisotopic (exact) mass is 273 g/mol. The SMILES string of the molecule is CC(C)(C(=O)NCCSCCCO)C1CCCC1. The number of thioether (sulfide) groups is 1. The van der Waals surface area contributed by atoms with E-state index in [0.717, 1.165) is 24.5 Å². The second kappa shape index (κ2) is 8.05. The number of amides is 1. The van der Waals surface area contributed by atoms with Crippen LogP contribution in [0.4, 0.5) is 0 Å². The quantitative estimate of drug-likeness (QED) is 0.668. The molecule has 1 aliphatic carbocycles. The number of aliphatic hydroxyl groups is 1. The Labute approximate surface area is 115 Å². The van der Waals surface area contributed by atoms with Crippen molar-refractivity contribution in [3.8, 4) is 0 Å². The summed E-state index contributed by atoms with van der Waals surface area (Å²) in [5, 5.41) is 11.7. The maximum absolute atomic E-state index is 12.2. The Kier molecular flexibility index (Phi) is 7.08. The first-order valence-electron chi connectivity index (χ1n) is 7.06. The molecule has 0 aromatic heterocycles. The van der Waals surface area contributed by atoms with Gasteiger partial charge >= 0.3 is 0 Å². The van der Waals surface area contributed by atoms with E-state index in [2.05, 4.69) is 19.2 Å². The molecule has 0 spiro atoms. The molecule has 4 heteroatoms. The summed E-state index contributed by atoms with van der Waals surface area (Å²) < 4.78 is 0. The maximum Gasteiger partial charge on any atom is 0.225 e. The Hall–Kier alpha value is -0.220. The van der Waals surface area contributed by atoms with Crippen molar-refractivity contribution >= 4 is 17.7 Å². The highest BCUT2D eigenvalue weighted by Crippen LogP contribution is 2.39. The molecule has 0 saturated heterocycles. The summed E-state index contributed by atoms with van der Waals surface area (Å²) in [7, 11) is 0. The summed E-state index contributed by atoms with van der Waals surface area (Å²) in [6.07, 6.45) is 5.79. The van der Waals surface area contributed by atoms with Gasteiger partial charge in [0.25, 0.3) is 0 Å². The molecule has 18 heavy (non-hydrogen) atoms. The number of carbonyl (C=O) groups is 1. The van der Waals surface area contributed by atoms with E-state index >= 15 is 0 Å². The smallest absolute Gasteiger partial charge is 0.225 e. The fraction of sp³-hybridized carbons (Fsp3) is 0.929. The average molecular weight is 273 g/mol. The first-order chi connectivity index (χ1) is 8.59. The average Bonchev–Trinajstić information content (AvgIpc) is 2.87. The molecular formula is C14H27NO2S. The first-order valence-corrected chi connectivity index (χ1v) is 8.21. The number of nitrogens with one attached hydrogen (secondary N) is 1. The van der Waals surface area contributed by atoms with Crippen molar-refractivity contribution in [2.75, 3.05) is 24.7 Å². The largest absolute Gasteiger partial charge is 0.396 e. The predicted octanol–water partition coefficient (Wildman–Crippen LogP) is 2.43. The van der Waals surface area contributed by atoms with E-state index in [0.29, 0.717) is 5.92 Å². The minimum Gasteiger partial charge on any atom is -0.396 e. The standard InChI is InChI=1S/C14H27NO2S/c1-14(2,12-6-3-4-7-12)13(17)15-8-11-18-10-5-9-16/h12,16H,3-11H2,1-2H3,(H,15,17). The van der Waals surface area contributed by atoms with E-state index in [1.807, 2.05) is 0 Å². The molecule has 0 atom stereocenters. The van der Waals surface area contributed by atoms with Crippen molar-refractivity contribution in [2.24, 2.45) is 11.3 Å². The van der Waals surface area contributed by atoms with Gasteiger partial charge in [-0.15, -0.1) is 0 Å². The van der Waals surface area contributed by atoms with Crippen molar-refractivity contribution < 1.29 is 9.90 Å². The third-order valence-electron chi connectivity index (χ3n) is 3.94. The molecule has 2 N–H and O–H groups in total. The van der Waals surface area contributed by atoms with Crippen molar-refractivity contribution in [1.82, 2.24) is 5.32 Å². The van der Waals surface area contributed by atoms with Gasteiger partial charge < -0.3 is 10.4 Å². The van der Waals surface area contributed by atoms with Crippen molar-refractivity contribution in [1.29, 1.82) is 0 Å². The molecule has 0 heterocycles. The van der Waals surface area contributed by atoms with E-state index in [9.17, 15) is 4.79 Å². The molecule has 0 unspecified atom stereocenters. The molecule has 0 aromatic carbocycles. The van der Waals surface area contributed by atoms with Gasteiger partial charge in [-0.05, 0) is 30.9 Å². The summed E-state index contributed by atoms with van der Waals surface area (Å²) >= 11 is 1.79. The lowest BCUT2D eigenvalue weighted by Crippen LogP contribution is -2.42. The Morgan fingerprint density at radius 3 is 2.61 bits per heavy atom. The lowest BCUT2D eigenvalue weighted by atomic mass is 9.77. The molecule has 1 aliphatic rings. The van der Waals surface area contributed by atoms with Crippen LogP contribution in [0.25, 0.3) is 0 Å². The van der Waals surface area contributed by atoms with Gasteiger partial charge in [0.2, 0.25) is 5.91 Å². The van der Waals surface area contributed by atoms with Crippen LogP contribution in [-0.2, 0) is 4.79 Å². The van der Waals surface area contributed by atoms with Crippen molar-refractivity contribution in [3.63, 3.8) is 0 Å². The topological polar surface area (TPSA) is 49.3 Å². The van der Waals surface area contributed by atoms with Gasteiger partial charge in [0, 0.05) is 24.3 Å². The van der Waals surface area contributed by atoms with Gasteiger partial charge in [-0.3, -0.25) is 4.79 Å². The lowest BCUT2D eigenvalue weighted by Gasteiger charge is -2.30. The lowest BCUT2D eigenvalue weighted by molar-refractivity contribution is -0.131. The Balaban J connectivity index is 2.18. The van der Waals surface area contributed by atoms with Crippen LogP contribution in [0.2, 0.25) is 0 Å². The highest BCUT2D eigenvalue weighted by atomic mass is 32.2. The second-order valence-electron chi connectivity index (χ2n) is 5.65. The van der Waals surface area contributed by atoms with E-state index in [-0.39, 0.29) is 17.9 Å². The van der Waals surface area contributed by atoms with Crippen LogP contribution in [0, 0.1) is 11.3 Å². The van der Waals surface area contributed by atoms with Gasteiger partial charge in [0.15, 0.2) is 0 Å². The van der Waals surface area contributed by atoms with Crippen LogP contribution < -0.4 is 5.32 Å². The maximum atomic E-state index is 12.2. The van der Waals surface area contributed by atoms with Gasteiger partial charge in [-0.2, -0.15) is 11.8 Å². The van der Waals surface area contributed by atoms with Crippen LogP contribution in [0.15, 0.2) is 0 Å². The Morgan fingerprint density at radius 2 is 2.00 bits per heavy atom. The molecule has 3 nitrogen and oxygen atoms in total. The second-order valence-corrected chi connectivity index (χ2v) is 6.87. The molecule has 1 amide bonds. The number of hydrogen-bond donors (Lipinski definition) is 2. The molecule has 1 saturated carbocycles. The number of rotatable bonds is 8. The van der Waals surface area contributed by atoms with Crippen LogP contribution >= 0.6 is 11.8 Å². The third-order valence-corrected chi connectivity index (χ3v) is 5.01. The molecule has 0 radical (unpaired) electrons. The zero-order valence-corrected chi connectivity index (χ0v) is 12.5. The van der Waals surface area contributed by atoms with E-state index in [1.54, 1.807) is 11.8 Å². The van der Waals surface area contributed by atoms with E-state index in [1.165, 1.54) is 25.7 Å². The summed E-state index contributed by atoms with van der Waals surface area (Å²) in [5.74, 6) is 2.67. The Bertz CT molecular complexity index is 250. The molecule has 1 rings (SSSR count). The molecule has 0 bridgehead atoms. The minimum absolute atomic E-state index is 0.206. The number of aliphatic hydroxyl groups excluding tert-OH is 1. The summed E-state index contributed by atoms with van der Waals surface area (Å²) in [6, 6.07) is 0. The summed E-state index contributed by atoms with van der Waals surface area (Å²) in [6.45, 7) is 5.16. The molecule has 106 valence electrons. The summed E-state index contributed by atoms with van der Waals surface area (Å²) in [4.78, 5) is 12.2. The van der Waals surface area contributed by atoms with Gasteiger partial charge in [0.05, 0.1) is 0 Å². The first kappa shape index (κ1) is 15.8. The van der Waals surface area contributed by atoms with Gasteiger partial charge in [0.1, 0.15) is 0 Å². The fourth-order valence-electron chi connectivity index (χ4n) is 2.57.